The number of halogens is 2. The first-order chi connectivity index (χ1) is 14.0. The minimum Gasteiger partial charge on any atom is -0.460 e. The van der Waals surface area contributed by atoms with E-state index in [1.807, 2.05) is 30.3 Å². The second-order valence-electron chi connectivity index (χ2n) is 6.32. The molecule has 0 aliphatic carbocycles. The van der Waals surface area contributed by atoms with Gasteiger partial charge in [-0.2, -0.15) is 0 Å². The van der Waals surface area contributed by atoms with Crippen molar-refractivity contribution < 1.29 is 23.0 Å². The average molecular weight is 418 g/mol. The van der Waals surface area contributed by atoms with Crippen molar-refractivity contribution >= 4 is 29.0 Å². The zero-order chi connectivity index (χ0) is 21.0. The monoisotopic (exact) mass is 418 g/mol. The summed E-state index contributed by atoms with van der Waals surface area (Å²) in [5.41, 5.74) is 0.912. The first-order valence-corrected chi connectivity index (χ1v) is 9.33. The molecule has 1 N–H and O–H groups in total. The molecule has 0 saturated carbocycles. The number of rotatable bonds is 6. The van der Waals surface area contributed by atoms with Crippen LogP contribution in [0.25, 0.3) is 0 Å². The van der Waals surface area contributed by atoms with Crippen LogP contribution in [-0.4, -0.2) is 31.4 Å². The lowest BCUT2D eigenvalue weighted by Gasteiger charge is -2.37. The van der Waals surface area contributed by atoms with E-state index in [1.54, 1.807) is 11.8 Å². The van der Waals surface area contributed by atoms with Gasteiger partial charge in [0.25, 0.3) is 0 Å². The van der Waals surface area contributed by atoms with E-state index in [9.17, 15) is 13.6 Å². The normalized spacial score (nSPS) is 16.6. The molecule has 152 valence electrons. The Kier molecular flexibility index (Phi) is 6.56. The van der Waals surface area contributed by atoms with Crippen LogP contribution in [0.1, 0.15) is 18.5 Å². The summed E-state index contributed by atoms with van der Waals surface area (Å²) < 4.78 is 39.2. The molecule has 0 amide bonds. The van der Waals surface area contributed by atoms with Gasteiger partial charge in [0.1, 0.15) is 18.2 Å². The van der Waals surface area contributed by atoms with Crippen molar-refractivity contribution in [1.82, 2.24) is 5.32 Å². The van der Waals surface area contributed by atoms with E-state index in [0.29, 0.717) is 11.4 Å². The Morgan fingerprint density at radius 3 is 2.38 bits per heavy atom. The van der Waals surface area contributed by atoms with E-state index in [1.165, 1.54) is 13.2 Å². The largest absolute Gasteiger partial charge is 0.460 e. The van der Waals surface area contributed by atoms with Gasteiger partial charge in [0.05, 0.1) is 23.8 Å². The van der Waals surface area contributed by atoms with Crippen molar-refractivity contribution in [2.45, 2.75) is 13.0 Å². The summed E-state index contributed by atoms with van der Waals surface area (Å²) in [6.45, 7) is 1.87. The van der Waals surface area contributed by atoms with Gasteiger partial charge in [-0.25, -0.2) is 13.6 Å². The summed E-state index contributed by atoms with van der Waals surface area (Å²) in [6, 6.07) is 11.5. The van der Waals surface area contributed by atoms with Crippen LogP contribution in [0.3, 0.4) is 0 Å². The molecular weight excluding hydrogens is 398 g/mol. The number of carbonyl (C=O) groups excluding carboxylic acids is 1. The van der Waals surface area contributed by atoms with E-state index in [-0.39, 0.29) is 29.5 Å². The summed E-state index contributed by atoms with van der Waals surface area (Å²) in [5, 5.41) is 3.12. The van der Waals surface area contributed by atoms with Crippen molar-refractivity contribution in [2.24, 2.45) is 0 Å². The zero-order valence-corrected chi connectivity index (χ0v) is 16.8. The molecule has 0 spiro atoms. The number of para-hydroxylation sites is 1. The predicted octanol–water partition coefficient (Wildman–Crippen LogP) is 3.86. The zero-order valence-electron chi connectivity index (χ0n) is 15.9. The summed E-state index contributed by atoms with van der Waals surface area (Å²) in [5.74, 6) is -2.27. The number of hydrogen-bond donors (Lipinski definition) is 1. The van der Waals surface area contributed by atoms with Crippen LogP contribution in [0.5, 0.6) is 0 Å². The third-order valence-electron chi connectivity index (χ3n) is 4.53. The average Bonchev–Trinajstić information content (AvgIpc) is 2.68. The third-order valence-corrected chi connectivity index (χ3v) is 4.83. The fraction of sp³-hybridized carbons (Fsp3) is 0.238. The Morgan fingerprint density at radius 2 is 1.76 bits per heavy atom. The molecule has 1 atom stereocenters. The number of allylic oxidation sites excluding steroid dienone is 1. The lowest BCUT2D eigenvalue weighted by Crippen LogP contribution is -2.48. The molecule has 1 aliphatic heterocycles. The van der Waals surface area contributed by atoms with Crippen LogP contribution in [0.2, 0.25) is 0 Å². The molecule has 29 heavy (non-hydrogen) atoms. The molecule has 2 aromatic carbocycles. The van der Waals surface area contributed by atoms with E-state index in [0.717, 1.165) is 12.1 Å². The van der Waals surface area contributed by atoms with Crippen molar-refractivity contribution in [1.29, 1.82) is 0 Å². The molecule has 0 bridgehead atoms. The minimum atomic E-state index is -1.13. The maximum Gasteiger partial charge on any atom is 0.338 e. The molecular formula is C21H20F2N2O3S. The van der Waals surface area contributed by atoms with Crippen molar-refractivity contribution in [3.63, 3.8) is 0 Å². The highest BCUT2D eigenvalue weighted by Crippen LogP contribution is 2.36. The number of esters is 1. The lowest BCUT2D eigenvalue weighted by molar-refractivity contribution is -0.140. The molecule has 0 saturated heterocycles. The highest BCUT2D eigenvalue weighted by Gasteiger charge is 2.38. The van der Waals surface area contributed by atoms with Crippen LogP contribution in [0.4, 0.5) is 14.5 Å². The van der Waals surface area contributed by atoms with E-state index < -0.39 is 23.6 Å². The SMILES string of the molecule is COCCOC(=O)C1=C(C)N(c2ccccc2)C(=S)N[C@H]1c1c(F)cccc1F. The molecule has 5 nitrogen and oxygen atoms in total. The first kappa shape index (κ1) is 20.9. The number of nitrogens with zero attached hydrogens (tertiary/aromatic N) is 1. The van der Waals surface area contributed by atoms with Crippen molar-refractivity contribution in [2.75, 3.05) is 25.2 Å². The molecule has 0 unspecified atom stereocenters. The van der Waals surface area contributed by atoms with Gasteiger partial charge in [-0.05, 0) is 43.4 Å². The predicted molar refractivity (Wildman–Crippen MR) is 109 cm³/mol. The second kappa shape index (κ2) is 9.11. The second-order valence-corrected chi connectivity index (χ2v) is 6.70. The number of methoxy groups -OCH3 is 1. The molecule has 2 aromatic rings. The topological polar surface area (TPSA) is 50.8 Å². The van der Waals surface area contributed by atoms with Crippen LogP contribution in [0.15, 0.2) is 59.8 Å². The number of hydrogen-bond acceptors (Lipinski definition) is 4. The maximum atomic E-state index is 14.5. The Bertz CT molecular complexity index is 930. The van der Waals surface area contributed by atoms with Crippen molar-refractivity contribution in [3.8, 4) is 0 Å². The Balaban J connectivity index is 2.12. The molecule has 1 aliphatic rings. The quantitative estimate of drug-likeness (QED) is 0.437. The molecule has 1 heterocycles. The number of anilines is 1. The van der Waals surface area contributed by atoms with Gasteiger partial charge in [-0.1, -0.05) is 24.3 Å². The lowest BCUT2D eigenvalue weighted by atomic mass is 9.94. The smallest absolute Gasteiger partial charge is 0.338 e. The van der Waals surface area contributed by atoms with E-state index in [2.05, 4.69) is 5.32 Å². The van der Waals surface area contributed by atoms with Gasteiger partial charge >= 0.3 is 5.97 Å². The van der Waals surface area contributed by atoms with Crippen LogP contribution in [-0.2, 0) is 14.3 Å². The molecule has 0 fully saturated rings. The standard InChI is InChI=1S/C21H20F2N2O3S/c1-13-17(20(26)28-12-11-27-2)19(18-15(22)9-6-10-16(18)23)24-21(29)25(13)14-7-4-3-5-8-14/h3-10,19H,11-12H2,1-2H3,(H,24,29)/t19-/m1/s1. The summed E-state index contributed by atoms with van der Waals surface area (Å²) in [7, 11) is 1.48. The van der Waals surface area contributed by atoms with Gasteiger partial charge < -0.3 is 14.8 Å². The van der Waals surface area contributed by atoms with Crippen LogP contribution in [0, 0.1) is 11.6 Å². The number of nitrogens with one attached hydrogen (secondary N) is 1. The number of carbonyl (C=O) groups is 1. The van der Waals surface area contributed by atoms with Gasteiger partial charge in [0.2, 0.25) is 0 Å². The highest BCUT2D eigenvalue weighted by molar-refractivity contribution is 7.80. The summed E-state index contributed by atoms with van der Waals surface area (Å²) in [4.78, 5) is 14.5. The first-order valence-electron chi connectivity index (χ1n) is 8.92. The number of thiocarbonyl (C=S) groups is 1. The maximum absolute atomic E-state index is 14.5. The number of ether oxygens (including phenoxy) is 2. The van der Waals surface area contributed by atoms with Crippen molar-refractivity contribution in [3.05, 3.63) is 77.0 Å². The van der Waals surface area contributed by atoms with Gasteiger partial charge in [-0.3, -0.25) is 4.90 Å². The third kappa shape index (κ3) is 4.28. The summed E-state index contributed by atoms with van der Waals surface area (Å²) >= 11 is 5.46. The highest BCUT2D eigenvalue weighted by atomic mass is 32.1. The van der Waals surface area contributed by atoms with Gasteiger partial charge in [-0.15, -0.1) is 0 Å². The van der Waals surface area contributed by atoms with Crippen LogP contribution < -0.4 is 10.2 Å². The van der Waals surface area contributed by atoms with Gasteiger partial charge in [0.15, 0.2) is 5.11 Å². The fourth-order valence-corrected chi connectivity index (χ4v) is 3.55. The molecule has 3 rings (SSSR count). The van der Waals surface area contributed by atoms with E-state index >= 15 is 0 Å². The summed E-state index contributed by atoms with van der Waals surface area (Å²) in [6.07, 6.45) is 0. The van der Waals surface area contributed by atoms with Crippen LogP contribution >= 0.6 is 12.2 Å². The number of benzene rings is 2. The molecule has 8 heteroatoms. The van der Waals surface area contributed by atoms with Gasteiger partial charge in [0, 0.05) is 18.5 Å². The minimum absolute atomic E-state index is 0.00830. The fourth-order valence-electron chi connectivity index (χ4n) is 3.19. The van der Waals surface area contributed by atoms with E-state index in [4.69, 9.17) is 21.7 Å². The Morgan fingerprint density at radius 1 is 1.10 bits per heavy atom. The Labute approximate surface area is 172 Å². The molecule has 0 aromatic heterocycles. The Hall–Kier alpha value is -2.84. The molecule has 0 radical (unpaired) electrons.